The highest BCUT2D eigenvalue weighted by Gasteiger charge is 2.12. The quantitative estimate of drug-likeness (QED) is 0.620. The van der Waals surface area contributed by atoms with E-state index in [9.17, 15) is 0 Å². The van der Waals surface area contributed by atoms with Crippen LogP contribution in [0.5, 0.6) is 0 Å². The molecule has 0 radical (unpaired) electrons. The van der Waals surface area contributed by atoms with Crippen molar-refractivity contribution in [2.75, 3.05) is 0 Å². The molecule has 0 bridgehead atoms. The lowest BCUT2D eigenvalue weighted by Crippen LogP contribution is -3.00. The summed E-state index contributed by atoms with van der Waals surface area (Å²) in [6, 6.07) is 9.11. The Kier molecular flexibility index (Phi) is 6.30. The Morgan fingerprint density at radius 1 is 0.731 bits per heavy atom. The van der Waals surface area contributed by atoms with Crippen molar-refractivity contribution in [3.8, 4) is 0 Å². The third-order valence-corrected chi connectivity index (χ3v) is 5.11. The Balaban J connectivity index is 0.00000243. The number of rotatable bonds is 4. The number of imidazole rings is 1. The third-order valence-electron chi connectivity index (χ3n) is 5.11. The number of aromatic nitrogens is 2. The van der Waals surface area contributed by atoms with Gasteiger partial charge < -0.3 is 12.4 Å². The van der Waals surface area contributed by atoms with Crippen LogP contribution in [0.3, 0.4) is 0 Å². The largest absolute Gasteiger partial charge is 1.00 e. The van der Waals surface area contributed by atoms with Crippen LogP contribution in [0.1, 0.15) is 44.5 Å². The Hall–Kier alpha value is -2.06. The molecule has 0 saturated heterocycles. The van der Waals surface area contributed by atoms with Gasteiger partial charge in [0.1, 0.15) is 25.5 Å². The fourth-order valence-corrected chi connectivity index (χ4v) is 3.91. The maximum atomic E-state index is 2.28. The van der Waals surface area contributed by atoms with Gasteiger partial charge in [-0.05, 0) is 74.9 Å². The first kappa shape index (κ1) is 20.3. The van der Waals surface area contributed by atoms with Crippen LogP contribution in [0, 0.1) is 41.5 Å². The lowest BCUT2D eigenvalue weighted by atomic mass is 10.00. The van der Waals surface area contributed by atoms with Gasteiger partial charge in [0.2, 0.25) is 6.33 Å². The summed E-state index contributed by atoms with van der Waals surface area (Å²) in [5, 5.41) is 0. The first-order valence-electron chi connectivity index (χ1n) is 9.02. The van der Waals surface area contributed by atoms with Crippen LogP contribution in [-0.4, -0.2) is 4.57 Å². The number of benzene rings is 2. The minimum absolute atomic E-state index is 0. The zero-order valence-corrected chi connectivity index (χ0v) is 17.5. The SMILES string of the molecule is Cc1cc(C)c(Cn2cc[n+](Cc3c(C)cc(C)cc3C)c2)c(C)c1.[Cl-]. The van der Waals surface area contributed by atoms with E-state index in [-0.39, 0.29) is 12.4 Å². The van der Waals surface area contributed by atoms with Gasteiger partial charge in [0.05, 0.1) is 0 Å². The van der Waals surface area contributed by atoms with Crippen LogP contribution >= 0.6 is 0 Å². The molecule has 0 N–H and O–H groups in total. The minimum Gasteiger partial charge on any atom is -1.00 e. The van der Waals surface area contributed by atoms with Gasteiger partial charge in [-0.3, -0.25) is 0 Å². The minimum atomic E-state index is 0. The maximum Gasteiger partial charge on any atom is 0.244 e. The normalized spacial score (nSPS) is 10.7. The molecule has 0 spiro atoms. The van der Waals surface area contributed by atoms with E-state index >= 15 is 0 Å². The molecule has 0 unspecified atom stereocenters. The molecule has 0 atom stereocenters. The highest BCUT2D eigenvalue weighted by atomic mass is 35.5. The van der Waals surface area contributed by atoms with Crippen molar-refractivity contribution in [1.29, 1.82) is 0 Å². The molecule has 0 aliphatic heterocycles. The van der Waals surface area contributed by atoms with Crippen LogP contribution in [0.25, 0.3) is 0 Å². The van der Waals surface area contributed by atoms with Crippen LogP contribution in [0.4, 0.5) is 0 Å². The summed E-state index contributed by atoms with van der Waals surface area (Å²) < 4.78 is 4.56. The Bertz CT molecular complexity index is 802. The van der Waals surface area contributed by atoms with E-state index in [0.717, 1.165) is 13.1 Å². The predicted octanol–water partition coefficient (Wildman–Crippen LogP) is 1.73. The smallest absolute Gasteiger partial charge is 0.244 e. The highest BCUT2D eigenvalue weighted by molar-refractivity contribution is 5.38. The van der Waals surface area contributed by atoms with Crippen molar-refractivity contribution >= 4 is 0 Å². The number of nitrogens with zero attached hydrogens (tertiary/aromatic N) is 2. The van der Waals surface area contributed by atoms with Gasteiger partial charge in [-0.1, -0.05) is 35.4 Å². The van der Waals surface area contributed by atoms with Crippen molar-refractivity contribution in [1.82, 2.24) is 4.57 Å². The van der Waals surface area contributed by atoms with Gasteiger partial charge in [-0.15, -0.1) is 0 Å². The molecule has 0 amide bonds. The summed E-state index contributed by atoms with van der Waals surface area (Å²) in [6.07, 6.45) is 6.58. The number of hydrogen-bond acceptors (Lipinski definition) is 0. The molecule has 0 aliphatic carbocycles. The van der Waals surface area contributed by atoms with Crippen molar-refractivity contribution in [2.24, 2.45) is 0 Å². The van der Waals surface area contributed by atoms with E-state index in [2.05, 4.69) is 93.7 Å². The molecule has 26 heavy (non-hydrogen) atoms. The molecule has 2 nitrogen and oxygen atoms in total. The fourth-order valence-electron chi connectivity index (χ4n) is 3.91. The number of hydrogen-bond donors (Lipinski definition) is 0. The molecule has 3 aromatic rings. The van der Waals surface area contributed by atoms with E-state index < -0.39 is 0 Å². The van der Waals surface area contributed by atoms with Crippen LogP contribution < -0.4 is 17.0 Å². The Labute approximate surface area is 163 Å². The second-order valence-electron chi connectivity index (χ2n) is 7.51. The summed E-state index contributed by atoms with van der Waals surface area (Å²) in [6.45, 7) is 15.0. The Morgan fingerprint density at radius 3 is 1.69 bits per heavy atom. The molecule has 0 fully saturated rings. The zero-order chi connectivity index (χ0) is 18.1. The third kappa shape index (κ3) is 4.37. The monoisotopic (exact) mass is 368 g/mol. The zero-order valence-electron chi connectivity index (χ0n) is 16.7. The number of aryl methyl sites for hydroxylation is 6. The predicted molar refractivity (Wildman–Crippen MR) is 104 cm³/mol. The summed E-state index contributed by atoms with van der Waals surface area (Å²) >= 11 is 0. The van der Waals surface area contributed by atoms with Gasteiger partial charge in [0, 0.05) is 0 Å². The average Bonchev–Trinajstić information content (AvgIpc) is 2.94. The average molecular weight is 369 g/mol. The highest BCUT2D eigenvalue weighted by Crippen LogP contribution is 2.18. The standard InChI is InChI=1S/C23H29N2.ClH/c1-16-9-18(3)22(19(4)10-16)13-24-7-8-25(15-24)14-23-20(5)11-17(2)12-21(23)6;/h7-12,15H,13-14H2,1-6H3;1H/q+1;/p-1. The first-order chi connectivity index (χ1) is 11.8. The van der Waals surface area contributed by atoms with Gasteiger partial charge >= 0.3 is 0 Å². The van der Waals surface area contributed by atoms with Crippen molar-refractivity contribution < 1.29 is 17.0 Å². The molecule has 2 aromatic carbocycles. The molecule has 1 heterocycles. The summed E-state index contributed by atoms with van der Waals surface area (Å²) in [4.78, 5) is 0. The molecule has 1 aromatic heterocycles. The van der Waals surface area contributed by atoms with Gasteiger partial charge in [-0.2, -0.15) is 0 Å². The van der Waals surface area contributed by atoms with Gasteiger partial charge in [-0.25, -0.2) is 9.13 Å². The molecule has 0 saturated carbocycles. The van der Waals surface area contributed by atoms with Crippen molar-refractivity contribution in [2.45, 2.75) is 54.6 Å². The summed E-state index contributed by atoms with van der Waals surface area (Å²) in [5.41, 5.74) is 11.0. The van der Waals surface area contributed by atoms with Crippen LogP contribution in [0.2, 0.25) is 0 Å². The molecular formula is C23H29ClN2. The summed E-state index contributed by atoms with van der Waals surface area (Å²) in [5.74, 6) is 0. The first-order valence-corrected chi connectivity index (χ1v) is 9.02. The van der Waals surface area contributed by atoms with Gasteiger partial charge in [0.25, 0.3) is 0 Å². The maximum absolute atomic E-state index is 2.28. The van der Waals surface area contributed by atoms with Crippen LogP contribution in [0.15, 0.2) is 43.0 Å². The Morgan fingerprint density at radius 2 is 1.19 bits per heavy atom. The van der Waals surface area contributed by atoms with E-state index in [1.165, 1.54) is 44.5 Å². The van der Waals surface area contributed by atoms with Gasteiger partial charge in [0.15, 0.2) is 0 Å². The molecule has 3 rings (SSSR count). The van der Waals surface area contributed by atoms with Crippen molar-refractivity contribution in [3.05, 3.63) is 87.5 Å². The van der Waals surface area contributed by atoms with E-state index in [1.807, 2.05) is 0 Å². The summed E-state index contributed by atoms with van der Waals surface area (Å²) in [7, 11) is 0. The topological polar surface area (TPSA) is 8.81 Å². The molecule has 138 valence electrons. The number of halogens is 1. The van der Waals surface area contributed by atoms with Crippen LogP contribution in [-0.2, 0) is 13.1 Å². The second-order valence-corrected chi connectivity index (χ2v) is 7.51. The lowest BCUT2D eigenvalue weighted by Gasteiger charge is -2.10. The molecule has 0 aliphatic rings. The lowest BCUT2D eigenvalue weighted by molar-refractivity contribution is -0.687. The molecular weight excluding hydrogens is 340 g/mol. The fraction of sp³-hybridized carbons (Fsp3) is 0.348. The second kappa shape index (κ2) is 8.09. The molecule has 3 heteroatoms. The van der Waals surface area contributed by atoms with E-state index in [0.29, 0.717) is 0 Å². The van der Waals surface area contributed by atoms with E-state index in [1.54, 1.807) is 0 Å². The van der Waals surface area contributed by atoms with Crippen molar-refractivity contribution in [3.63, 3.8) is 0 Å². The van der Waals surface area contributed by atoms with E-state index in [4.69, 9.17) is 0 Å².